The number of amides is 1. The molecule has 5 N–H and O–H groups in total. The highest BCUT2D eigenvalue weighted by Crippen LogP contribution is 2.14. The third-order valence-corrected chi connectivity index (χ3v) is 3.20. The molecule has 0 aromatic heterocycles. The van der Waals surface area contributed by atoms with Crippen LogP contribution in [0.4, 0.5) is 4.79 Å². The van der Waals surface area contributed by atoms with Gasteiger partial charge < -0.3 is 35.4 Å². The van der Waals surface area contributed by atoms with E-state index in [1.54, 1.807) is 4.90 Å². The second-order valence-electron chi connectivity index (χ2n) is 6.86. The standard InChI is InChI=1S/C11H22N2O2.C4H6O6/c1-8-7-13(9(2)6-12-8)10(14)15-11(3,4)5;5-1(3(7)8)2(6)4(9)10/h8-9,12H,6-7H2,1-5H3;1-2,5-6H,(H,7,8)(H,9,10)/t8-,9+;/m1./s1. The van der Waals surface area contributed by atoms with Crippen molar-refractivity contribution >= 4 is 18.0 Å². The summed E-state index contributed by atoms with van der Waals surface area (Å²) >= 11 is 0. The normalized spacial score (nSPS) is 22.9. The van der Waals surface area contributed by atoms with Gasteiger partial charge in [-0.2, -0.15) is 0 Å². The first-order valence-corrected chi connectivity index (χ1v) is 7.81. The molecule has 0 saturated carbocycles. The molecule has 1 fully saturated rings. The zero-order valence-corrected chi connectivity index (χ0v) is 15.1. The molecule has 25 heavy (non-hydrogen) atoms. The van der Waals surface area contributed by atoms with Crippen molar-refractivity contribution in [3.8, 4) is 0 Å². The molecule has 146 valence electrons. The maximum Gasteiger partial charge on any atom is 0.410 e. The lowest BCUT2D eigenvalue weighted by Crippen LogP contribution is -2.57. The van der Waals surface area contributed by atoms with Gasteiger partial charge in [-0.25, -0.2) is 14.4 Å². The highest BCUT2D eigenvalue weighted by Gasteiger charge is 2.30. The van der Waals surface area contributed by atoms with Crippen LogP contribution in [0.25, 0.3) is 0 Å². The predicted molar refractivity (Wildman–Crippen MR) is 87.2 cm³/mol. The Labute approximate surface area is 146 Å². The fourth-order valence-corrected chi connectivity index (χ4v) is 1.87. The van der Waals surface area contributed by atoms with E-state index in [1.165, 1.54) is 0 Å². The number of aliphatic hydroxyl groups excluding tert-OH is 2. The summed E-state index contributed by atoms with van der Waals surface area (Å²) in [5.41, 5.74) is -0.412. The number of aliphatic carboxylic acids is 2. The van der Waals surface area contributed by atoms with Crippen LogP contribution in [-0.2, 0) is 14.3 Å². The average molecular weight is 364 g/mol. The van der Waals surface area contributed by atoms with E-state index in [2.05, 4.69) is 12.2 Å². The zero-order valence-electron chi connectivity index (χ0n) is 15.1. The highest BCUT2D eigenvalue weighted by atomic mass is 16.6. The first-order valence-electron chi connectivity index (χ1n) is 7.81. The van der Waals surface area contributed by atoms with E-state index in [0.717, 1.165) is 13.1 Å². The number of rotatable bonds is 3. The molecule has 1 saturated heterocycles. The number of carboxylic acids is 2. The molecule has 1 heterocycles. The summed E-state index contributed by atoms with van der Waals surface area (Å²) in [6.07, 6.45) is -4.74. The third-order valence-electron chi connectivity index (χ3n) is 3.20. The molecular formula is C15H28N2O8. The van der Waals surface area contributed by atoms with Crippen LogP contribution in [0.1, 0.15) is 34.6 Å². The van der Waals surface area contributed by atoms with Gasteiger partial charge >= 0.3 is 18.0 Å². The minimum Gasteiger partial charge on any atom is -0.479 e. The first kappa shape index (κ1) is 23.1. The van der Waals surface area contributed by atoms with Crippen molar-refractivity contribution in [2.24, 2.45) is 0 Å². The molecule has 1 aliphatic heterocycles. The number of carbonyl (C=O) groups is 3. The van der Waals surface area contributed by atoms with Gasteiger partial charge in [0.25, 0.3) is 0 Å². The number of carbonyl (C=O) groups excluding carboxylic acids is 1. The van der Waals surface area contributed by atoms with Crippen LogP contribution in [0.2, 0.25) is 0 Å². The number of ether oxygens (including phenoxy) is 1. The predicted octanol–water partition coefficient (Wildman–Crippen LogP) is -0.519. The number of nitrogens with zero attached hydrogens (tertiary/aromatic N) is 1. The molecule has 0 radical (unpaired) electrons. The van der Waals surface area contributed by atoms with Gasteiger partial charge in [0.1, 0.15) is 5.60 Å². The van der Waals surface area contributed by atoms with Crippen LogP contribution < -0.4 is 5.32 Å². The molecule has 10 nitrogen and oxygen atoms in total. The Bertz CT molecular complexity index is 459. The Morgan fingerprint density at radius 3 is 1.88 bits per heavy atom. The number of hydrogen-bond donors (Lipinski definition) is 5. The molecule has 10 heteroatoms. The number of hydrogen-bond acceptors (Lipinski definition) is 7. The van der Waals surface area contributed by atoms with Crippen LogP contribution in [0.5, 0.6) is 0 Å². The minimum atomic E-state index is -2.27. The Morgan fingerprint density at radius 2 is 1.52 bits per heavy atom. The second kappa shape index (κ2) is 9.54. The lowest BCUT2D eigenvalue weighted by atomic mass is 10.1. The Kier molecular flexibility index (Phi) is 8.81. The largest absolute Gasteiger partial charge is 0.479 e. The SMILES string of the molecule is C[C@@H]1CN(C(=O)OC(C)(C)C)[C@@H](C)CN1.O=C(O)C(O)C(O)C(=O)O. The molecule has 0 bridgehead atoms. The van der Waals surface area contributed by atoms with Crippen LogP contribution >= 0.6 is 0 Å². The number of nitrogens with one attached hydrogen (secondary N) is 1. The molecule has 2 unspecified atom stereocenters. The number of aliphatic hydroxyl groups is 2. The quantitative estimate of drug-likeness (QED) is 0.444. The van der Waals surface area contributed by atoms with E-state index in [4.69, 9.17) is 25.2 Å². The van der Waals surface area contributed by atoms with Crippen LogP contribution in [0, 0.1) is 0 Å². The van der Waals surface area contributed by atoms with Gasteiger partial charge in [0.05, 0.1) is 0 Å². The molecule has 0 aromatic rings. The number of carboxylic acid groups (broad SMARTS) is 2. The molecule has 1 amide bonds. The van der Waals surface area contributed by atoms with Crippen molar-refractivity contribution in [3.63, 3.8) is 0 Å². The van der Waals surface area contributed by atoms with E-state index >= 15 is 0 Å². The average Bonchev–Trinajstić information content (AvgIpc) is 2.46. The molecule has 0 aliphatic carbocycles. The van der Waals surface area contributed by atoms with Crippen molar-refractivity contribution < 1.29 is 39.5 Å². The summed E-state index contributed by atoms with van der Waals surface area (Å²) in [4.78, 5) is 33.2. The van der Waals surface area contributed by atoms with Crippen molar-refractivity contribution in [2.75, 3.05) is 13.1 Å². The molecule has 0 aromatic carbocycles. The maximum absolute atomic E-state index is 11.8. The lowest BCUT2D eigenvalue weighted by Gasteiger charge is -2.38. The summed E-state index contributed by atoms with van der Waals surface area (Å²) in [5, 5.41) is 35.9. The monoisotopic (exact) mass is 364 g/mol. The third kappa shape index (κ3) is 8.66. The van der Waals surface area contributed by atoms with Crippen LogP contribution in [-0.4, -0.2) is 86.3 Å². The summed E-state index contributed by atoms with van der Waals surface area (Å²) in [5.74, 6) is -3.54. The van der Waals surface area contributed by atoms with E-state index in [-0.39, 0.29) is 12.1 Å². The molecule has 4 atom stereocenters. The second-order valence-corrected chi connectivity index (χ2v) is 6.86. The van der Waals surface area contributed by atoms with Gasteiger partial charge in [-0.1, -0.05) is 0 Å². The zero-order chi connectivity index (χ0) is 19.9. The van der Waals surface area contributed by atoms with Gasteiger partial charge in [0.2, 0.25) is 0 Å². The van der Waals surface area contributed by atoms with E-state index in [0.29, 0.717) is 6.04 Å². The Hall–Kier alpha value is -1.91. The van der Waals surface area contributed by atoms with Crippen LogP contribution in [0.3, 0.4) is 0 Å². The molecular weight excluding hydrogens is 336 g/mol. The van der Waals surface area contributed by atoms with Crippen molar-refractivity contribution in [1.29, 1.82) is 0 Å². The smallest absolute Gasteiger partial charge is 0.410 e. The molecule has 1 aliphatic rings. The van der Waals surface area contributed by atoms with Gasteiger partial charge in [-0.15, -0.1) is 0 Å². The molecule has 0 spiro atoms. The highest BCUT2D eigenvalue weighted by molar-refractivity contribution is 5.83. The fourth-order valence-electron chi connectivity index (χ4n) is 1.87. The fraction of sp³-hybridized carbons (Fsp3) is 0.800. The van der Waals surface area contributed by atoms with Gasteiger partial charge in [-0.05, 0) is 34.6 Å². The van der Waals surface area contributed by atoms with Crippen LogP contribution in [0.15, 0.2) is 0 Å². The summed E-state index contributed by atoms with van der Waals surface area (Å²) in [6, 6.07) is 0.546. The van der Waals surface area contributed by atoms with E-state index in [1.807, 2.05) is 27.7 Å². The van der Waals surface area contributed by atoms with Crippen molar-refractivity contribution in [1.82, 2.24) is 10.2 Å². The first-order chi connectivity index (χ1) is 11.3. The number of piperazine rings is 1. The van der Waals surface area contributed by atoms with E-state index in [9.17, 15) is 14.4 Å². The summed E-state index contributed by atoms with van der Waals surface area (Å²) in [7, 11) is 0. The van der Waals surface area contributed by atoms with E-state index < -0.39 is 29.7 Å². The van der Waals surface area contributed by atoms with Gasteiger partial charge in [0, 0.05) is 25.2 Å². The lowest BCUT2D eigenvalue weighted by molar-refractivity contribution is -0.165. The summed E-state index contributed by atoms with van der Waals surface area (Å²) < 4.78 is 5.36. The van der Waals surface area contributed by atoms with Crippen molar-refractivity contribution in [3.05, 3.63) is 0 Å². The maximum atomic E-state index is 11.8. The van der Waals surface area contributed by atoms with Crippen molar-refractivity contribution in [2.45, 2.75) is 64.5 Å². The molecule has 1 rings (SSSR count). The summed E-state index contributed by atoms with van der Waals surface area (Å²) in [6.45, 7) is 11.3. The van der Waals surface area contributed by atoms with Gasteiger partial charge in [0.15, 0.2) is 12.2 Å². The topological polar surface area (TPSA) is 157 Å². The Morgan fingerprint density at radius 1 is 1.08 bits per heavy atom. The Balaban J connectivity index is 0.000000504. The van der Waals surface area contributed by atoms with Gasteiger partial charge in [-0.3, -0.25) is 0 Å². The minimum absolute atomic E-state index is 0.205.